The molecular formula is C19H15F3N4O4S. The number of halogens is 3. The van der Waals surface area contributed by atoms with E-state index in [1.54, 1.807) is 6.92 Å². The van der Waals surface area contributed by atoms with E-state index in [0.29, 0.717) is 23.1 Å². The minimum absolute atomic E-state index is 0.00881. The van der Waals surface area contributed by atoms with Crippen molar-refractivity contribution in [2.24, 2.45) is 0 Å². The molecule has 1 aliphatic rings. The number of hydrogen-bond donors (Lipinski definition) is 2. The van der Waals surface area contributed by atoms with Crippen LogP contribution in [0.1, 0.15) is 11.3 Å². The fourth-order valence-corrected chi connectivity index (χ4v) is 4.39. The van der Waals surface area contributed by atoms with Crippen molar-refractivity contribution in [1.82, 2.24) is 9.97 Å². The van der Waals surface area contributed by atoms with Crippen LogP contribution in [-0.4, -0.2) is 25.2 Å². The minimum atomic E-state index is -4.90. The number of aryl methyl sites for hydroxylation is 1. The maximum atomic E-state index is 13.6. The summed E-state index contributed by atoms with van der Waals surface area (Å²) in [5.74, 6) is 0.671. The zero-order valence-electron chi connectivity index (χ0n) is 15.9. The van der Waals surface area contributed by atoms with Gasteiger partial charge in [0.05, 0.1) is 16.9 Å². The van der Waals surface area contributed by atoms with Crippen molar-refractivity contribution in [2.45, 2.75) is 18.0 Å². The largest absolute Gasteiger partial charge is 0.454 e. The van der Waals surface area contributed by atoms with Gasteiger partial charge in [-0.2, -0.15) is 13.2 Å². The van der Waals surface area contributed by atoms with Gasteiger partial charge in [-0.1, -0.05) is 6.07 Å². The average molecular weight is 452 g/mol. The Balaban J connectivity index is 1.80. The molecule has 0 bridgehead atoms. The summed E-state index contributed by atoms with van der Waals surface area (Å²) in [7, 11) is -4.63. The molecule has 0 radical (unpaired) electrons. The van der Waals surface area contributed by atoms with Gasteiger partial charge in [0.15, 0.2) is 11.5 Å². The van der Waals surface area contributed by atoms with Gasteiger partial charge in [0, 0.05) is 17.8 Å². The number of alkyl halides is 3. The highest BCUT2D eigenvalue weighted by Crippen LogP contribution is 2.39. The van der Waals surface area contributed by atoms with E-state index in [9.17, 15) is 21.6 Å². The van der Waals surface area contributed by atoms with Crippen LogP contribution in [0.25, 0.3) is 11.1 Å². The van der Waals surface area contributed by atoms with Crippen LogP contribution in [0.3, 0.4) is 0 Å². The first kappa shape index (κ1) is 20.7. The molecule has 3 N–H and O–H groups in total. The summed E-state index contributed by atoms with van der Waals surface area (Å²) < 4.78 is 79.2. The van der Waals surface area contributed by atoms with E-state index in [1.807, 2.05) is 0 Å². The number of aromatic nitrogens is 2. The number of rotatable bonds is 4. The molecule has 0 atom stereocenters. The first-order valence-corrected chi connectivity index (χ1v) is 10.3. The number of hydrogen-bond acceptors (Lipinski definition) is 7. The number of nitrogens with two attached hydrogens (primary N) is 1. The van der Waals surface area contributed by atoms with E-state index in [4.69, 9.17) is 15.2 Å². The van der Waals surface area contributed by atoms with E-state index in [2.05, 4.69) is 14.7 Å². The van der Waals surface area contributed by atoms with Crippen LogP contribution in [0.5, 0.6) is 11.5 Å². The van der Waals surface area contributed by atoms with Crippen LogP contribution >= 0.6 is 0 Å². The topological polar surface area (TPSA) is 116 Å². The Hall–Kier alpha value is -3.54. The van der Waals surface area contributed by atoms with Gasteiger partial charge >= 0.3 is 6.18 Å². The molecule has 1 aliphatic heterocycles. The van der Waals surface area contributed by atoms with Crippen LogP contribution in [0.4, 0.5) is 24.8 Å². The first-order valence-electron chi connectivity index (χ1n) is 8.78. The highest BCUT2D eigenvalue weighted by Gasteiger charge is 2.37. The Morgan fingerprint density at radius 1 is 1.10 bits per heavy atom. The molecular weight excluding hydrogens is 437 g/mol. The molecule has 12 heteroatoms. The summed E-state index contributed by atoms with van der Waals surface area (Å²) >= 11 is 0. The minimum Gasteiger partial charge on any atom is -0.454 e. The number of nitrogen functional groups attached to an aromatic ring is 1. The normalized spacial score (nSPS) is 13.3. The highest BCUT2D eigenvalue weighted by atomic mass is 32.2. The summed E-state index contributed by atoms with van der Waals surface area (Å²) in [6, 6.07) is 6.94. The maximum Gasteiger partial charge on any atom is 0.417 e. The van der Waals surface area contributed by atoms with E-state index in [1.165, 1.54) is 24.4 Å². The van der Waals surface area contributed by atoms with Crippen LogP contribution < -0.4 is 19.9 Å². The third kappa shape index (κ3) is 4.06. The van der Waals surface area contributed by atoms with Gasteiger partial charge in [0.2, 0.25) is 12.7 Å². The third-order valence-corrected chi connectivity index (χ3v) is 5.93. The molecule has 2 aromatic carbocycles. The van der Waals surface area contributed by atoms with Crippen LogP contribution in [0.2, 0.25) is 0 Å². The molecule has 162 valence electrons. The van der Waals surface area contributed by atoms with Crippen LogP contribution in [0, 0.1) is 6.92 Å². The summed E-state index contributed by atoms with van der Waals surface area (Å²) in [6.45, 7) is 1.55. The van der Waals surface area contributed by atoms with Crippen molar-refractivity contribution in [2.75, 3.05) is 17.2 Å². The number of benzene rings is 2. The molecule has 0 amide bonds. The van der Waals surface area contributed by atoms with Gasteiger partial charge in [-0.05, 0) is 36.8 Å². The molecule has 2 heterocycles. The van der Waals surface area contributed by atoms with Gasteiger partial charge in [0.25, 0.3) is 10.0 Å². The Kier molecular flexibility index (Phi) is 4.88. The number of sulfonamides is 1. The van der Waals surface area contributed by atoms with Gasteiger partial charge in [0.1, 0.15) is 4.90 Å². The fraction of sp³-hybridized carbons (Fsp3) is 0.158. The van der Waals surface area contributed by atoms with Crippen molar-refractivity contribution in [3.63, 3.8) is 0 Å². The second-order valence-corrected chi connectivity index (χ2v) is 8.26. The van der Waals surface area contributed by atoms with Crippen LogP contribution in [-0.2, 0) is 16.2 Å². The molecule has 0 spiro atoms. The number of ether oxygens (including phenoxy) is 2. The van der Waals surface area contributed by atoms with Gasteiger partial charge in [-0.15, -0.1) is 0 Å². The molecule has 0 saturated heterocycles. The third-order valence-electron chi connectivity index (χ3n) is 4.51. The lowest BCUT2D eigenvalue weighted by atomic mass is 10.0. The van der Waals surface area contributed by atoms with Gasteiger partial charge < -0.3 is 15.2 Å². The molecule has 4 rings (SSSR count). The Bertz CT molecular complexity index is 1280. The maximum absolute atomic E-state index is 13.6. The zero-order chi connectivity index (χ0) is 22.4. The Morgan fingerprint density at radius 3 is 2.55 bits per heavy atom. The summed E-state index contributed by atoms with van der Waals surface area (Å²) in [5, 5.41) is 0. The number of fused-ring (bicyclic) bond motifs is 1. The van der Waals surface area contributed by atoms with Crippen molar-refractivity contribution in [3.8, 4) is 22.6 Å². The molecule has 0 fully saturated rings. The highest BCUT2D eigenvalue weighted by molar-refractivity contribution is 7.92. The quantitative estimate of drug-likeness (QED) is 0.621. The number of nitrogens with one attached hydrogen (secondary N) is 1. The molecule has 0 saturated carbocycles. The van der Waals surface area contributed by atoms with Crippen molar-refractivity contribution in [3.05, 3.63) is 53.9 Å². The standard InChI is InChI=1S/C19H15F3N4O4S/c1-10-13(8-24-18(23)25-10)11-2-4-14(19(20,21)22)17(6-11)31(27,28)26-12-3-5-15-16(7-12)30-9-29-15/h2-8,26H,9H2,1H3,(H2,23,24,25). The first-order chi connectivity index (χ1) is 14.5. The Labute approximate surface area is 174 Å². The fourth-order valence-electron chi connectivity index (χ4n) is 3.08. The summed E-state index contributed by atoms with van der Waals surface area (Å²) in [4.78, 5) is 6.86. The second kappa shape index (κ2) is 7.30. The van der Waals surface area contributed by atoms with E-state index in [-0.39, 0.29) is 29.7 Å². The second-order valence-electron chi connectivity index (χ2n) is 6.61. The lowest BCUT2D eigenvalue weighted by Gasteiger charge is -2.16. The van der Waals surface area contributed by atoms with E-state index >= 15 is 0 Å². The van der Waals surface area contributed by atoms with Crippen LogP contribution in [0.15, 0.2) is 47.5 Å². The van der Waals surface area contributed by atoms with Gasteiger partial charge in [-0.3, -0.25) is 4.72 Å². The van der Waals surface area contributed by atoms with Crippen molar-refractivity contribution >= 4 is 21.7 Å². The monoisotopic (exact) mass is 452 g/mol. The SMILES string of the molecule is Cc1nc(N)ncc1-c1ccc(C(F)(F)F)c(S(=O)(=O)Nc2ccc3c(c2)OCO3)c1. The molecule has 1 aromatic heterocycles. The van der Waals surface area contributed by atoms with Crippen molar-refractivity contribution < 1.29 is 31.1 Å². The smallest absolute Gasteiger partial charge is 0.417 e. The molecule has 0 unspecified atom stereocenters. The zero-order valence-corrected chi connectivity index (χ0v) is 16.7. The number of nitrogens with zero attached hydrogens (tertiary/aromatic N) is 2. The predicted molar refractivity (Wildman–Crippen MR) is 105 cm³/mol. The van der Waals surface area contributed by atoms with E-state index < -0.39 is 26.7 Å². The van der Waals surface area contributed by atoms with Gasteiger partial charge in [-0.25, -0.2) is 18.4 Å². The molecule has 0 aliphatic carbocycles. The van der Waals surface area contributed by atoms with Crippen molar-refractivity contribution in [1.29, 1.82) is 0 Å². The molecule has 31 heavy (non-hydrogen) atoms. The predicted octanol–water partition coefficient (Wildman–Crippen LogP) is 3.58. The lowest BCUT2D eigenvalue weighted by Crippen LogP contribution is -2.19. The lowest BCUT2D eigenvalue weighted by molar-refractivity contribution is -0.139. The average Bonchev–Trinajstić information content (AvgIpc) is 3.14. The summed E-state index contributed by atoms with van der Waals surface area (Å²) in [5.41, 5.74) is 5.16. The molecule has 8 nitrogen and oxygen atoms in total. The number of anilines is 2. The van der Waals surface area contributed by atoms with E-state index in [0.717, 1.165) is 12.1 Å². The summed E-state index contributed by atoms with van der Waals surface area (Å²) in [6.07, 6.45) is -3.58. The Morgan fingerprint density at radius 2 is 1.84 bits per heavy atom. The molecule has 3 aromatic rings.